The molecule has 0 saturated heterocycles. The number of aryl methyl sites for hydroxylation is 1. The number of nitrogens with one attached hydrogen (secondary N) is 1. The minimum Gasteiger partial charge on any atom is -0.378 e. The maximum absolute atomic E-state index is 13.8. The molecule has 0 heterocycles. The van der Waals surface area contributed by atoms with Gasteiger partial charge in [0, 0.05) is 5.69 Å². The van der Waals surface area contributed by atoms with E-state index in [2.05, 4.69) is 17.4 Å². The molecule has 1 N–H and O–H groups in total. The van der Waals surface area contributed by atoms with Crippen LogP contribution in [0.3, 0.4) is 0 Å². The van der Waals surface area contributed by atoms with Gasteiger partial charge in [-0.15, -0.1) is 0 Å². The minimum absolute atomic E-state index is 0.145. The summed E-state index contributed by atoms with van der Waals surface area (Å²) in [4.78, 5) is 11.6. The molecule has 2 aromatic rings. The van der Waals surface area contributed by atoms with E-state index in [0.717, 1.165) is 12.8 Å². The van der Waals surface area contributed by atoms with E-state index in [9.17, 15) is 9.18 Å². The number of fused-ring (bicyclic) bond motifs is 1. The molecule has 0 spiro atoms. The summed E-state index contributed by atoms with van der Waals surface area (Å²) in [7, 11) is 0. The Morgan fingerprint density at radius 2 is 2.00 bits per heavy atom. The van der Waals surface area contributed by atoms with Crippen LogP contribution in [0, 0.1) is 5.82 Å². The van der Waals surface area contributed by atoms with E-state index in [4.69, 9.17) is 0 Å². The fourth-order valence-electron chi connectivity index (χ4n) is 2.90. The van der Waals surface area contributed by atoms with Crippen molar-refractivity contribution in [3.8, 4) is 0 Å². The molecular weight excluding hydrogens is 253 g/mol. The van der Waals surface area contributed by atoms with Gasteiger partial charge in [-0.05, 0) is 43.0 Å². The van der Waals surface area contributed by atoms with Crippen molar-refractivity contribution in [1.29, 1.82) is 0 Å². The smallest absolute Gasteiger partial charge is 0.164 e. The predicted octanol–water partition coefficient (Wildman–Crippen LogP) is 4.13. The van der Waals surface area contributed by atoms with Gasteiger partial charge in [-0.2, -0.15) is 0 Å². The molecule has 1 aliphatic carbocycles. The number of anilines is 1. The van der Waals surface area contributed by atoms with E-state index in [1.165, 1.54) is 24.1 Å². The zero-order valence-corrected chi connectivity index (χ0v) is 11.3. The monoisotopic (exact) mass is 269 g/mol. The summed E-state index contributed by atoms with van der Waals surface area (Å²) in [5, 5.41) is 3.33. The average molecular weight is 269 g/mol. The van der Waals surface area contributed by atoms with Crippen LogP contribution in [-0.4, -0.2) is 5.78 Å². The number of hydrogen-bond donors (Lipinski definition) is 1. The molecule has 20 heavy (non-hydrogen) atoms. The van der Waals surface area contributed by atoms with E-state index in [-0.39, 0.29) is 17.4 Å². The molecule has 102 valence electrons. The molecule has 3 heteroatoms. The van der Waals surface area contributed by atoms with Crippen molar-refractivity contribution in [3.05, 3.63) is 65.0 Å². The van der Waals surface area contributed by atoms with E-state index < -0.39 is 5.82 Å². The summed E-state index contributed by atoms with van der Waals surface area (Å²) in [6.45, 7) is 1.40. The second-order valence-electron chi connectivity index (χ2n) is 5.15. The highest BCUT2D eigenvalue weighted by Crippen LogP contribution is 2.34. The van der Waals surface area contributed by atoms with Crippen LogP contribution in [0.2, 0.25) is 0 Å². The van der Waals surface area contributed by atoms with E-state index in [1.807, 2.05) is 12.1 Å². The molecule has 3 rings (SSSR count). The summed E-state index contributed by atoms with van der Waals surface area (Å²) in [6, 6.07) is 13.1. The van der Waals surface area contributed by atoms with Crippen molar-refractivity contribution < 1.29 is 9.18 Å². The van der Waals surface area contributed by atoms with E-state index in [0.29, 0.717) is 5.69 Å². The van der Waals surface area contributed by atoms with Crippen molar-refractivity contribution in [3.63, 3.8) is 0 Å². The SMILES string of the molecule is CC(=O)c1c(F)cccc1NC1CCc2ccccc21. The van der Waals surface area contributed by atoms with Gasteiger partial charge >= 0.3 is 0 Å². The Morgan fingerprint density at radius 1 is 1.20 bits per heavy atom. The third kappa shape index (κ3) is 2.20. The van der Waals surface area contributed by atoms with Crippen LogP contribution >= 0.6 is 0 Å². The molecule has 0 bridgehead atoms. The number of halogens is 1. The van der Waals surface area contributed by atoms with Gasteiger partial charge in [-0.1, -0.05) is 30.3 Å². The van der Waals surface area contributed by atoms with Gasteiger partial charge in [0.1, 0.15) is 5.82 Å². The van der Waals surface area contributed by atoms with Crippen LogP contribution in [0.5, 0.6) is 0 Å². The van der Waals surface area contributed by atoms with E-state index >= 15 is 0 Å². The van der Waals surface area contributed by atoms with Crippen molar-refractivity contribution in [2.75, 3.05) is 5.32 Å². The highest BCUT2D eigenvalue weighted by atomic mass is 19.1. The number of ketones is 1. The van der Waals surface area contributed by atoms with Crippen molar-refractivity contribution >= 4 is 11.5 Å². The maximum atomic E-state index is 13.8. The maximum Gasteiger partial charge on any atom is 0.164 e. The summed E-state index contributed by atoms with van der Waals surface area (Å²) < 4.78 is 13.8. The van der Waals surface area contributed by atoms with Crippen molar-refractivity contribution in [1.82, 2.24) is 0 Å². The number of carbonyl (C=O) groups excluding carboxylic acids is 1. The molecule has 2 nitrogen and oxygen atoms in total. The number of rotatable bonds is 3. The lowest BCUT2D eigenvalue weighted by Crippen LogP contribution is -2.11. The lowest BCUT2D eigenvalue weighted by molar-refractivity contribution is 0.101. The second-order valence-corrected chi connectivity index (χ2v) is 5.15. The standard InChI is InChI=1S/C17H16FNO/c1-11(20)17-14(18)7-4-8-16(17)19-15-10-9-12-5-2-3-6-13(12)15/h2-8,15,19H,9-10H2,1H3. The average Bonchev–Trinajstić information content (AvgIpc) is 2.82. The highest BCUT2D eigenvalue weighted by Gasteiger charge is 2.23. The number of Topliss-reactive ketones (excluding diaryl/α,β-unsaturated/α-hetero) is 1. The molecule has 1 unspecified atom stereocenters. The Kier molecular flexibility index (Phi) is 3.26. The summed E-state index contributed by atoms with van der Waals surface area (Å²) >= 11 is 0. The van der Waals surface area contributed by atoms with Crippen LogP contribution in [0.15, 0.2) is 42.5 Å². The molecule has 0 aliphatic heterocycles. The molecule has 0 amide bonds. The Hall–Kier alpha value is -2.16. The summed E-state index contributed by atoms with van der Waals surface area (Å²) in [6.07, 6.45) is 1.98. The zero-order chi connectivity index (χ0) is 14.1. The lowest BCUT2D eigenvalue weighted by Gasteiger charge is -2.18. The van der Waals surface area contributed by atoms with Crippen LogP contribution < -0.4 is 5.32 Å². The third-order valence-corrected chi connectivity index (χ3v) is 3.83. The van der Waals surface area contributed by atoms with Gasteiger partial charge in [0.2, 0.25) is 0 Å². The molecule has 0 radical (unpaired) electrons. The summed E-state index contributed by atoms with van der Waals surface area (Å²) in [5.41, 5.74) is 3.30. The zero-order valence-electron chi connectivity index (χ0n) is 11.3. The molecular formula is C17H16FNO. The van der Waals surface area contributed by atoms with Crippen LogP contribution in [0.25, 0.3) is 0 Å². The highest BCUT2D eigenvalue weighted by molar-refractivity contribution is 5.99. The van der Waals surface area contributed by atoms with Crippen LogP contribution in [0.1, 0.15) is 40.9 Å². The fraction of sp³-hybridized carbons (Fsp3) is 0.235. The quantitative estimate of drug-likeness (QED) is 0.849. The first-order valence-corrected chi connectivity index (χ1v) is 6.80. The van der Waals surface area contributed by atoms with Gasteiger partial charge in [0.25, 0.3) is 0 Å². The van der Waals surface area contributed by atoms with E-state index in [1.54, 1.807) is 12.1 Å². The largest absolute Gasteiger partial charge is 0.378 e. The Balaban J connectivity index is 1.94. The first-order chi connectivity index (χ1) is 9.66. The predicted molar refractivity (Wildman–Crippen MR) is 77.5 cm³/mol. The Labute approximate surface area is 117 Å². The van der Waals surface area contributed by atoms with Gasteiger partial charge in [-0.25, -0.2) is 4.39 Å². The van der Waals surface area contributed by atoms with Crippen molar-refractivity contribution in [2.45, 2.75) is 25.8 Å². The van der Waals surface area contributed by atoms with Crippen molar-refractivity contribution in [2.24, 2.45) is 0 Å². The number of hydrogen-bond acceptors (Lipinski definition) is 2. The fourth-order valence-corrected chi connectivity index (χ4v) is 2.90. The molecule has 0 aromatic heterocycles. The van der Waals surface area contributed by atoms with Gasteiger partial charge in [0.15, 0.2) is 5.78 Å². The van der Waals surface area contributed by atoms with Gasteiger partial charge in [-0.3, -0.25) is 4.79 Å². The van der Waals surface area contributed by atoms with Gasteiger partial charge < -0.3 is 5.32 Å². The van der Waals surface area contributed by atoms with Gasteiger partial charge in [0.05, 0.1) is 11.6 Å². The molecule has 2 aromatic carbocycles. The van der Waals surface area contributed by atoms with Crippen LogP contribution in [0.4, 0.5) is 10.1 Å². The first kappa shape index (κ1) is 12.9. The number of carbonyl (C=O) groups is 1. The molecule has 0 fully saturated rings. The third-order valence-electron chi connectivity index (χ3n) is 3.83. The molecule has 1 atom stereocenters. The second kappa shape index (κ2) is 5.08. The molecule has 0 saturated carbocycles. The Bertz CT molecular complexity index is 666. The van der Waals surface area contributed by atoms with Crippen LogP contribution in [-0.2, 0) is 6.42 Å². The first-order valence-electron chi connectivity index (χ1n) is 6.80. The summed E-state index contributed by atoms with van der Waals surface area (Å²) in [5.74, 6) is -0.717. The topological polar surface area (TPSA) is 29.1 Å². The minimum atomic E-state index is -0.464. The normalized spacial score (nSPS) is 16.8. The lowest BCUT2D eigenvalue weighted by atomic mass is 10.1. The molecule has 1 aliphatic rings. The Morgan fingerprint density at radius 3 is 2.80 bits per heavy atom. The number of benzene rings is 2.